The van der Waals surface area contributed by atoms with Gasteiger partial charge in [-0.05, 0) is 31.0 Å². The maximum absolute atomic E-state index is 12.8. The molecule has 1 N–H and O–H groups in total. The molecule has 0 bridgehead atoms. The van der Waals surface area contributed by atoms with Crippen molar-refractivity contribution in [3.63, 3.8) is 0 Å². The van der Waals surface area contributed by atoms with Crippen LogP contribution in [0.15, 0.2) is 22.7 Å². The molecule has 0 radical (unpaired) electrons. The molecule has 0 fully saturated rings. The first-order valence-corrected chi connectivity index (χ1v) is 7.31. The van der Waals surface area contributed by atoms with Crippen molar-refractivity contribution in [1.82, 2.24) is 0 Å². The van der Waals surface area contributed by atoms with Crippen LogP contribution < -0.4 is 5.32 Å². The molecule has 0 unspecified atom stereocenters. The Kier molecular flexibility index (Phi) is 6.17. The molecule has 0 saturated heterocycles. The zero-order valence-corrected chi connectivity index (χ0v) is 12.7. The maximum Gasteiger partial charge on any atom is 0.417 e. The average Bonchev–Trinajstić information content (AvgIpc) is 2.31. The van der Waals surface area contributed by atoms with E-state index < -0.39 is 11.7 Å². The van der Waals surface area contributed by atoms with Gasteiger partial charge in [0.15, 0.2) is 0 Å². The lowest BCUT2D eigenvalue weighted by Crippen LogP contribution is -2.19. The van der Waals surface area contributed by atoms with Crippen molar-refractivity contribution in [1.29, 1.82) is 0 Å². The highest BCUT2D eigenvalue weighted by atomic mass is 79.9. The Labute approximate surface area is 120 Å². The first-order chi connectivity index (χ1) is 8.88. The van der Waals surface area contributed by atoms with Gasteiger partial charge in [-0.1, -0.05) is 42.6 Å². The first-order valence-electron chi connectivity index (χ1n) is 6.51. The fraction of sp³-hybridized carbons (Fsp3) is 0.571. The van der Waals surface area contributed by atoms with E-state index >= 15 is 0 Å². The maximum atomic E-state index is 12.8. The second-order valence-electron chi connectivity index (χ2n) is 4.61. The zero-order valence-electron chi connectivity index (χ0n) is 11.1. The van der Waals surface area contributed by atoms with Crippen molar-refractivity contribution in [2.24, 2.45) is 0 Å². The van der Waals surface area contributed by atoms with E-state index in [0.717, 1.165) is 25.7 Å². The Morgan fingerprint density at radius 3 is 2.21 bits per heavy atom. The Morgan fingerprint density at radius 2 is 1.74 bits per heavy atom. The zero-order chi connectivity index (χ0) is 14.5. The van der Waals surface area contributed by atoms with E-state index in [-0.39, 0.29) is 10.5 Å². The quantitative estimate of drug-likeness (QED) is 0.686. The number of benzene rings is 1. The number of anilines is 1. The molecule has 19 heavy (non-hydrogen) atoms. The van der Waals surface area contributed by atoms with Crippen LogP contribution in [0, 0.1) is 0 Å². The first kappa shape index (κ1) is 16.3. The van der Waals surface area contributed by atoms with E-state index in [1.165, 1.54) is 12.1 Å². The number of rotatable bonds is 6. The lowest BCUT2D eigenvalue weighted by atomic mass is 10.1. The second kappa shape index (κ2) is 7.17. The molecule has 0 spiro atoms. The molecular weight excluding hydrogens is 319 g/mol. The van der Waals surface area contributed by atoms with E-state index in [2.05, 4.69) is 35.1 Å². The smallest absolute Gasteiger partial charge is 0.382 e. The normalized spacial score (nSPS) is 11.9. The van der Waals surface area contributed by atoms with Gasteiger partial charge in [0, 0.05) is 16.2 Å². The van der Waals surface area contributed by atoms with Gasteiger partial charge in [0.25, 0.3) is 0 Å². The van der Waals surface area contributed by atoms with Crippen molar-refractivity contribution in [2.45, 2.75) is 51.7 Å². The van der Waals surface area contributed by atoms with Crippen LogP contribution in [-0.2, 0) is 6.18 Å². The van der Waals surface area contributed by atoms with E-state index in [4.69, 9.17) is 0 Å². The fourth-order valence-electron chi connectivity index (χ4n) is 2.05. The van der Waals surface area contributed by atoms with Crippen molar-refractivity contribution >= 4 is 21.6 Å². The molecule has 1 aromatic rings. The van der Waals surface area contributed by atoms with Gasteiger partial charge >= 0.3 is 6.18 Å². The van der Waals surface area contributed by atoms with Gasteiger partial charge in [0.05, 0.1) is 5.56 Å². The van der Waals surface area contributed by atoms with Crippen LogP contribution in [0.4, 0.5) is 18.9 Å². The Balaban J connectivity index is 2.89. The molecule has 1 rings (SSSR count). The fourth-order valence-corrected chi connectivity index (χ4v) is 2.53. The minimum atomic E-state index is -4.33. The van der Waals surface area contributed by atoms with E-state index in [9.17, 15) is 13.2 Å². The predicted octanol–water partition coefficient (Wildman–Crippen LogP) is 5.85. The topological polar surface area (TPSA) is 12.0 Å². The molecule has 5 heteroatoms. The van der Waals surface area contributed by atoms with Crippen LogP contribution in [0.1, 0.15) is 45.1 Å². The molecule has 0 heterocycles. The summed E-state index contributed by atoms with van der Waals surface area (Å²) < 4.78 is 38.5. The Bertz CT molecular complexity index is 398. The highest BCUT2D eigenvalue weighted by Gasteiger charge is 2.33. The molecule has 0 aromatic heterocycles. The summed E-state index contributed by atoms with van der Waals surface area (Å²) in [6.07, 6.45) is -0.376. The number of alkyl halides is 3. The molecule has 0 aliphatic heterocycles. The van der Waals surface area contributed by atoms with Gasteiger partial charge in [-0.2, -0.15) is 13.2 Å². The third kappa shape index (κ3) is 5.05. The van der Waals surface area contributed by atoms with Crippen molar-refractivity contribution in [3.05, 3.63) is 28.2 Å². The summed E-state index contributed by atoms with van der Waals surface area (Å²) >= 11 is 2.95. The van der Waals surface area contributed by atoms with E-state index in [1.807, 2.05) is 0 Å². The summed E-state index contributed by atoms with van der Waals surface area (Å²) in [6.45, 7) is 4.15. The molecule has 0 saturated carbocycles. The summed E-state index contributed by atoms with van der Waals surface area (Å²) in [5.74, 6) is 0. The van der Waals surface area contributed by atoms with Crippen molar-refractivity contribution in [2.75, 3.05) is 5.32 Å². The minimum Gasteiger partial charge on any atom is -0.382 e. The number of hydrogen-bond acceptors (Lipinski definition) is 1. The van der Waals surface area contributed by atoms with Gasteiger partial charge in [-0.25, -0.2) is 0 Å². The van der Waals surface area contributed by atoms with Crippen LogP contribution in [0.3, 0.4) is 0 Å². The molecule has 0 atom stereocenters. The third-order valence-corrected chi connectivity index (χ3v) is 3.61. The van der Waals surface area contributed by atoms with Gasteiger partial charge in [-0.15, -0.1) is 0 Å². The lowest BCUT2D eigenvalue weighted by Gasteiger charge is -2.20. The number of hydrogen-bond donors (Lipinski definition) is 1. The summed E-state index contributed by atoms with van der Waals surface area (Å²) in [4.78, 5) is 0. The molecule has 0 amide bonds. The minimum absolute atomic E-state index is 0.0769. The molecular formula is C14H19BrF3N. The summed E-state index contributed by atoms with van der Waals surface area (Å²) in [5, 5.41) is 3.20. The molecule has 1 nitrogen and oxygen atoms in total. The molecule has 0 aliphatic rings. The lowest BCUT2D eigenvalue weighted by molar-refractivity contribution is -0.138. The predicted molar refractivity (Wildman–Crippen MR) is 76.4 cm³/mol. The Hall–Kier alpha value is -0.710. The summed E-state index contributed by atoms with van der Waals surface area (Å²) in [6, 6.07) is 4.53. The standard InChI is InChI=1S/C14H19BrF3N/c1-3-5-10(6-4-2)19-11-7-8-13(15)12(9-11)14(16,17)18/h7-10,19H,3-6H2,1-2H3. The molecule has 1 aromatic carbocycles. The summed E-state index contributed by atoms with van der Waals surface area (Å²) in [5.41, 5.74) is -0.105. The van der Waals surface area contributed by atoms with Crippen LogP contribution in [0.2, 0.25) is 0 Å². The van der Waals surface area contributed by atoms with Crippen LogP contribution in [0.25, 0.3) is 0 Å². The Morgan fingerprint density at radius 1 is 1.16 bits per heavy atom. The summed E-state index contributed by atoms with van der Waals surface area (Å²) in [7, 11) is 0. The molecule has 108 valence electrons. The van der Waals surface area contributed by atoms with Crippen molar-refractivity contribution < 1.29 is 13.2 Å². The highest BCUT2D eigenvalue weighted by molar-refractivity contribution is 9.10. The number of halogens is 4. The SMILES string of the molecule is CCCC(CCC)Nc1ccc(Br)c(C(F)(F)F)c1. The van der Waals surface area contributed by atoms with Crippen LogP contribution in [0.5, 0.6) is 0 Å². The van der Waals surface area contributed by atoms with Gasteiger partial charge in [0.2, 0.25) is 0 Å². The number of nitrogens with one attached hydrogen (secondary N) is 1. The average molecular weight is 338 g/mol. The monoisotopic (exact) mass is 337 g/mol. The van der Waals surface area contributed by atoms with E-state index in [1.54, 1.807) is 6.07 Å². The third-order valence-electron chi connectivity index (χ3n) is 2.92. The van der Waals surface area contributed by atoms with Crippen LogP contribution >= 0.6 is 15.9 Å². The van der Waals surface area contributed by atoms with Gasteiger partial charge < -0.3 is 5.32 Å². The molecule has 0 aliphatic carbocycles. The largest absolute Gasteiger partial charge is 0.417 e. The highest BCUT2D eigenvalue weighted by Crippen LogP contribution is 2.36. The van der Waals surface area contributed by atoms with Crippen molar-refractivity contribution in [3.8, 4) is 0 Å². The van der Waals surface area contributed by atoms with Gasteiger partial charge in [0.1, 0.15) is 0 Å². The van der Waals surface area contributed by atoms with Gasteiger partial charge in [-0.3, -0.25) is 0 Å². The van der Waals surface area contributed by atoms with Crippen LogP contribution in [-0.4, -0.2) is 6.04 Å². The second-order valence-corrected chi connectivity index (χ2v) is 5.47. The van der Waals surface area contributed by atoms with E-state index in [0.29, 0.717) is 5.69 Å².